The van der Waals surface area contributed by atoms with Gasteiger partial charge >= 0.3 is 0 Å². The molecule has 1 aliphatic rings. The third kappa shape index (κ3) is 6.74. The van der Waals surface area contributed by atoms with Crippen molar-refractivity contribution in [2.45, 2.75) is 32.6 Å². The zero-order valence-electron chi connectivity index (χ0n) is 15.4. The molecular weight excluding hydrogens is 451 g/mol. The number of sulfonamides is 1. The highest BCUT2D eigenvalue weighted by molar-refractivity contribution is 14.0. The van der Waals surface area contributed by atoms with Crippen LogP contribution in [0.15, 0.2) is 29.3 Å². The molecular formula is C17H29IN4O2S. The van der Waals surface area contributed by atoms with Crippen molar-refractivity contribution in [1.29, 1.82) is 0 Å². The second-order valence-electron chi connectivity index (χ2n) is 7.02. The van der Waals surface area contributed by atoms with E-state index in [1.165, 1.54) is 7.05 Å². The molecule has 142 valence electrons. The van der Waals surface area contributed by atoms with Gasteiger partial charge in [0.15, 0.2) is 5.96 Å². The van der Waals surface area contributed by atoms with E-state index >= 15 is 0 Å². The molecule has 8 heteroatoms. The van der Waals surface area contributed by atoms with E-state index in [2.05, 4.69) is 33.8 Å². The molecule has 25 heavy (non-hydrogen) atoms. The van der Waals surface area contributed by atoms with Gasteiger partial charge in [-0.15, -0.1) is 24.0 Å². The zero-order chi connectivity index (χ0) is 17.8. The summed E-state index contributed by atoms with van der Waals surface area (Å²) < 4.78 is 25.7. The summed E-state index contributed by atoms with van der Waals surface area (Å²) in [6.07, 6.45) is 1.16. The molecule has 0 aromatic heterocycles. The number of hydrogen-bond acceptors (Lipinski definition) is 3. The van der Waals surface area contributed by atoms with Crippen molar-refractivity contribution in [3.63, 3.8) is 0 Å². The summed E-state index contributed by atoms with van der Waals surface area (Å²) in [6.45, 7) is 7.16. The average Bonchev–Trinajstić information content (AvgIpc) is 2.88. The van der Waals surface area contributed by atoms with Crippen LogP contribution in [0.25, 0.3) is 0 Å². The maximum absolute atomic E-state index is 11.7. The molecule has 0 saturated carbocycles. The Balaban J connectivity index is 0.00000312. The monoisotopic (exact) mass is 480 g/mol. The molecule has 1 fully saturated rings. The summed E-state index contributed by atoms with van der Waals surface area (Å²) in [7, 11) is -0.0257. The molecule has 0 spiro atoms. The molecule has 1 saturated heterocycles. The number of guanidine groups is 1. The smallest absolute Gasteiger partial charge is 0.215 e. The van der Waals surface area contributed by atoms with Crippen molar-refractivity contribution in [3.05, 3.63) is 35.4 Å². The summed E-state index contributed by atoms with van der Waals surface area (Å²) in [5.74, 6) is 0.889. The quantitative estimate of drug-likeness (QED) is 0.385. The predicted molar refractivity (Wildman–Crippen MR) is 114 cm³/mol. The van der Waals surface area contributed by atoms with Gasteiger partial charge in [-0.3, -0.25) is 4.99 Å². The molecule has 1 aromatic rings. The standard InChI is InChI=1S/C17H28N4O2S.HI/c1-17(2)8-9-21(13-17)16(18-3)20-11-14-6-5-7-15(10-14)12-24(22,23)19-4;/h5-7,10,19H,8-9,11-13H2,1-4H3,(H,18,20);1H. The predicted octanol–water partition coefficient (Wildman–Crippen LogP) is 2.16. The fourth-order valence-corrected chi connectivity index (χ4v) is 3.69. The average molecular weight is 480 g/mol. The first-order valence-electron chi connectivity index (χ1n) is 8.19. The van der Waals surface area contributed by atoms with Crippen LogP contribution in [0, 0.1) is 5.41 Å². The van der Waals surface area contributed by atoms with Crippen molar-refractivity contribution in [3.8, 4) is 0 Å². The molecule has 0 atom stereocenters. The van der Waals surface area contributed by atoms with E-state index in [1.54, 1.807) is 7.05 Å². The lowest BCUT2D eigenvalue weighted by atomic mass is 9.93. The summed E-state index contributed by atoms with van der Waals surface area (Å²) in [5, 5.41) is 3.38. The Bertz CT molecular complexity index is 704. The number of aliphatic imine (C=N–C) groups is 1. The lowest BCUT2D eigenvalue weighted by Gasteiger charge is -2.23. The number of nitrogens with zero attached hydrogens (tertiary/aromatic N) is 2. The van der Waals surface area contributed by atoms with Gasteiger partial charge in [-0.1, -0.05) is 38.1 Å². The summed E-state index contributed by atoms with van der Waals surface area (Å²) in [6, 6.07) is 7.63. The van der Waals surface area contributed by atoms with Gasteiger partial charge in [0.25, 0.3) is 0 Å². The van der Waals surface area contributed by atoms with E-state index in [1.807, 2.05) is 24.3 Å². The van der Waals surface area contributed by atoms with Gasteiger partial charge in [-0.05, 0) is 30.0 Å². The molecule has 0 radical (unpaired) electrons. The molecule has 2 rings (SSSR count). The van der Waals surface area contributed by atoms with Crippen LogP contribution in [-0.4, -0.2) is 46.5 Å². The first-order chi connectivity index (χ1) is 11.2. The molecule has 1 aliphatic heterocycles. The van der Waals surface area contributed by atoms with Crippen molar-refractivity contribution in [2.75, 3.05) is 27.2 Å². The molecule has 0 aliphatic carbocycles. The Morgan fingerprint density at radius 1 is 1.32 bits per heavy atom. The van der Waals surface area contributed by atoms with Crippen molar-refractivity contribution in [1.82, 2.24) is 14.9 Å². The minimum absolute atomic E-state index is 0. The minimum atomic E-state index is -3.25. The molecule has 1 aromatic carbocycles. The van der Waals surface area contributed by atoms with Gasteiger partial charge in [-0.2, -0.15) is 0 Å². The van der Waals surface area contributed by atoms with Crippen molar-refractivity contribution in [2.24, 2.45) is 10.4 Å². The van der Waals surface area contributed by atoms with Crippen LogP contribution >= 0.6 is 24.0 Å². The molecule has 0 unspecified atom stereocenters. The lowest BCUT2D eigenvalue weighted by molar-refractivity contribution is 0.370. The zero-order valence-corrected chi connectivity index (χ0v) is 18.5. The van der Waals surface area contributed by atoms with Crippen LogP contribution in [-0.2, 0) is 22.3 Å². The van der Waals surface area contributed by atoms with Crippen LogP contribution < -0.4 is 10.0 Å². The Hall–Kier alpha value is -0.870. The van der Waals surface area contributed by atoms with Crippen LogP contribution in [0.5, 0.6) is 0 Å². The Morgan fingerprint density at radius 3 is 2.56 bits per heavy atom. The fourth-order valence-electron chi connectivity index (χ4n) is 2.93. The normalized spacial score (nSPS) is 17.3. The molecule has 0 amide bonds. The SMILES string of the molecule is CN=C(NCc1cccc(CS(=O)(=O)NC)c1)N1CCC(C)(C)C1.I. The second-order valence-corrected chi connectivity index (χ2v) is 8.95. The highest BCUT2D eigenvalue weighted by Gasteiger charge is 2.30. The van der Waals surface area contributed by atoms with Crippen molar-refractivity contribution < 1.29 is 8.42 Å². The molecule has 1 heterocycles. The third-order valence-corrected chi connectivity index (χ3v) is 5.63. The topological polar surface area (TPSA) is 73.8 Å². The van der Waals surface area contributed by atoms with E-state index in [4.69, 9.17) is 0 Å². The number of benzene rings is 1. The molecule has 0 bridgehead atoms. The largest absolute Gasteiger partial charge is 0.352 e. The van der Waals surface area contributed by atoms with E-state index < -0.39 is 10.0 Å². The molecule has 2 N–H and O–H groups in total. The maximum atomic E-state index is 11.7. The fraction of sp³-hybridized carbons (Fsp3) is 0.588. The van der Waals surface area contributed by atoms with Gasteiger partial charge < -0.3 is 10.2 Å². The Morgan fingerprint density at radius 2 is 2.00 bits per heavy atom. The number of rotatable bonds is 5. The van der Waals surface area contributed by atoms with Gasteiger partial charge in [-0.25, -0.2) is 13.1 Å². The highest BCUT2D eigenvalue weighted by Crippen LogP contribution is 2.28. The van der Waals surface area contributed by atoms with E-state index in [0.717, 1.165) is 36.6 Å². The maximum Gasteiger partial charge on any atom is 0.215 e. The lowest BCUT2D eigenvalue weighted by Crippen LogP contribution is -2.40. The number of hydrogen-bond donors (Lipinski definition) is 2. The van der Waals surface area contributed by atoms with Gasteiger partial charge in [0.05, 0.1) is 5.75 Å². The number of nitrogens with one attached hydrogen (secondary N) is 2. The van der Waals surface area contributed by atoms with E-state index in [9.17, 15) is 8.42 Å². The van der Waals surface area contributed by atoms with Gasteiger partial charge in [0.2, 0.25) is 10.0 Å². The van der Waals surface area contributed by atoms with Crippen LogP contribution in [0.2, 0.25) is 0 Å². The van der Waals surface area contributed by atoms with Crippen molar-refractivity contribution >= 4 is 40.0 Å². The third-order valence-electron chi connectivity index (χ3n) is 4.30. The highest BCUT2D eigenvalue weighted by atomic mass is 127. The minimum Gasteiger partial charge on any atom is -0.352 e. The second kappa shape index (κ2) is 9.18. The summed E-state index contributed by atoms with van der Waals surface area (Å²) in [5.41, 5.74) is 2.14. The van der Waals surface area contributed by atoms with E-state index in [-0.39, 0.29) is 29.7 Å². The summed E-state index contributed by atoms with van der Waals surface area (Å²) >= 11 is 0. The van der Waals surface area contributed by atoms with Crippen LogP contribution in [0.1, 0.15) is 31.4 Å². The Labute approximate surface area is 168 Å². The molecule has 6 nitrogen and oxygen atoms in total. The first-order valence-corrected chi connectivity index (χ1v) is 9.84. The van der Waals surface area contributed by atoms with Crippen LogP contribution in [0.3, 0.4) is 0 Å². The van der Waals surface area contributed by atoms with E-state index in [0.29, 0.717) is 12.0 Å². The Kier molecular flexibility index (Phi) is 8.14. The number of halogens is 1. The first kappa shape index (κ1) is 22.2. The number of likely N-dealkylation sites (tertiary alicyclic amines) is 1. The summed E-state index contributed by atoms with van der Waals surface area (Å²) in [4.78, 5) is 6.64. The van der Waals surface area contributed by atoms with Crippen LogP contribution in [0.4, 0.5) is 0 Å². The van der Waals surface area contributed by atoms with Gasteiger partial charge in [0, 0.05) is 26.7 Å². The van der Waals surface area contributed by atoms with Gasteiger partial charge in [0.1, 0.15) is 0 Å².